The zero-order valence-corrected chi connectivity index (χ0v) is 16.7. The van der Waals surface area contributed by atoms with Crippen LogP contribution in [0.1, 0.15) is 25.8 Å². The number of amides is 1. The summed E-state index contributed by atoms with van der Waals surface area (Å²) in [5.41, 5.74) is 1.76. The van der Waals surface area contributed by atoms with Crippen LogP contribution in [0.15, 0.2) is 53.5 Å². The van der Waals surface area contributed by atoms with Crippen molar-refractivity contribution in [3.05, 3.63) is 53.5 Å². The highest BCUT2D eigenvalue weighted by molar-refractivity contribution is 9.10. The average molecular weight is 430 g/mol. The zero-order chi connectivity index (χ0) is 19.2. The Balaban J connectivity index is 1.78. The monoisotopic (exact) mass is 429 g/mol. The summed E-state index contributed by atoms with van der Waals surface area (Å²) in [6, 6.07) is 9.13. The third-order valence-electron chi connectivity index (χ3n) is 4.05. The Kier molecular flexibility index (Phi) is 6.18. The van der Waals surface area contributed by atoms with E-state index < -0.39 is 6.04 Å². The molecular formula is C19H20BrN5O2. The highest BCUT2D eigenvalue weighted by Crippen LogP contribution is 2.23. The molecule has 27 heavy (non-hydrogen) atoms. The number of hydrogen-bond donors (Lipinski definition) is 1. The van der Waals surface area contributed by atoms with E-state index in [4.69, 9.17) is 4.74 Å². The molecule has 0 saturated carbocycles. The van der Waals surface area contributed by atoms with Gasteiger partial charge in [0.1, 0.15) is 16.4 Å². The summed E-state index contributed by atoms with van der Waals surface area (Å²) < 4.78 is 7.50. The molecule has 1 atom stereocenters. The largest absolute Gasteiger partial charge is 0.497 e. The van der Waals surface area contributed by atoms with Gasteiger partial charge in [-0.05, 0) is 52.7 Å². The highest BCUT2D eigenvalue weighted by Gasteiger charge is 2.21. The second-order valence-corrected chi connectivity index (χ2v) is 6.74. The van der Waals surface area contributed by atoms with E-state index in [1.165, 1.54) is 6.20 Å². The predicted octanol–water partition coefficient (Wildman–Crippen LogP) is 4.09. The summed E-state index contributed by atoms with van der Waals surface area (Å²) >= 11 is 3.23. The smallest absolute Gasteiger partial charge is 0.250 e. The highest BCUT2D eigenvalue weighted by atomic mass is 79.9. The van der Waals surface area contributed by atoms with E-state index in [0.717, 1.165) is 23.4 Å². The van der Waals surface area contributed by atoms with Gasteiger partial charge in [0.05, 0.1) is 25.2 Å². The maximum Gasteiger partial charge on any atom is 0.250 e. The van der Waals surface area contributed by atoms with Crippen molar-refractivity contribution in [3.8, 4) is 17.0 Å². The van der Waals surface area contributed by atoms with Crippen LogP contribution in [0.3, 0.4) is 0 Å². The lowest BCUT2D eigenvalue weighted by molar-refractivity contribution is -0.119. The number of hydrogen-bond acceptors (Lipinski definition) is 5. The number of methoxy groups -OCH3 is 1. The summed E-state index contributed by atoms with van der Waals surface area (Å²) in [4.78, 5) is 21.0. The van der Waals surface area contributed by atoms with E-state index in [0.29, 0.717) is 16.8 Å². The summed E-state index contributed by atoms with van der Waals surface area (Å²) in [7, 11) is 1.63. The minimum atomic E-state index is -0.424. The topological polar surface area (TPSA) is 81.9 Å². The number of aromatic nitrogens is 4. The van der Waals surface area contributed by atoms with Crippen molar-refractivity contribution >= 4 is 27.7 Å². The quantitative estimate of drug-likeness (QED) is 0.611. The van der Waals surface area contributed by atoms with Gasteiger partial charge >= 0.3 is 0 Å². The molecule has 0 bridgehead atoms. The van der Waals surface area contributed by atoms with Gasteiger partial charge in [0, 0.05) is 11.8 Å². The molecule has 2 heterocycles. The van der Waals surface area contributed by atoms with E-state index in [1.54, 1.807) is 18.0 Å². The molecule has 1 amide bonds. The molecular weight excluding hydrogens is 410 g/mol. The second kappa shape index (κ2) is 8.77. The molecule has 1 aromatic carbocycles. The Labute approximate surface area is 165 Å². The van der Waals surface area contributed by atoms with Crippen LogP contribution in [0.4, 0.5) is 5.82 Å². The third-order valence-corrected chi connectivity index (χ3v) is 4.46. The normalized spacial score (nSPS) is 11.8. The van der Waals surface area contributed by atoms with Crippen LogP contribution in [-0.4, -0.2) is 32.8 Å². The Morgan fingerprint density at radius 2 is 2.00 bits per heavy atom. The molecule has 2 aromatic heterocycles. The molecule has 1 unspecified atom stereocenters. The molecule has 140 valence electrons. The molecule has 8 heteroatoms. The van der Waals surface area contributed by atoms with Crippen molar-refractivity contribution in [1.82, 2.24) is 19.7 Å². The number of carbonyl (C=O) groups is 1. The molecule has 0 aliphatic heterocycles. The summed E-state index contributed by atoms with van der Waals surface area (Å²) in [6.45, 7) is 2.04. The lowest BCUT2D eigenvalue weighted by atomic mass is 10.1. The number of rotatable bonds is 7. The van der Waals surface area contributed by atoms with Gasteiger partial charge < -0.3 is 10.1 Å². The first kappa shape index (κ1) is 19.0. The number of carbonyl (C=O) groups excluding carboxylic acids is 1. The van der Waals surface area contributed by atoms with Gasteiger partial charge in [0.2, 0.25) is 5.91 Å². The van der Waals surface area contributed by atoms with Crippen molar-refractivity contribution < 1.29 is 9.53 Å². The molecule has 0 spiro atoms. The van der Waals surface area contributed by atoms with Crippen molar-refractivity contribution in [2.24, 2.45) is 0 Å². The van der Waals surface area contributed by atoms with Crippen LogP contribution in [0.5, 0.6) is 5.75 Å². The Hall–Kier alpha value is -2.74. The Morgan fingerprint density at radius 3 is 2.63 bits per heavy atom. The molecule has 0 aliphatic carbocycles. The van der Waals surface area contributed by atoms with Crippen molar-refractivity contribution in [2.45, 2.75) is 25.8 Å². The average Bonchev–Trinajstić information content (AvgIpc) is 3.17. The molecule has 0 radical (unpaired) electrons. The van der Waals surface area contributed by atoms with Gasteiger partial charge in [-0.15, -0.1) is 0 Å². The summed E-state index contributed by atoms with van der Waals surface area (Å²) in [6.07, 6.45) is 6.39. The van der Waals surface area contributed by atoms with Gasteiger partial charge in [-0.1, -0.05) is 13.3 Å². The second-order valence-electron chi connectivity index (χ2n) is 5.93. The Bertz CT molecular complexity index is 893. The molecule has 0 saturated heterocycles. The van der Waals surface area contributed by atoms with Gasteiger partial charge in [0.15, 0.2) is 5.82 Å². The number of anilines is 1. The number of ether oxygens (including phenoxy) is 1. The van der Waals surface area contributed by atoms with Gasteiger partial charge in [0.25, 0.3) is 0 Å². The van der Waals surface area contributed by atoms with Crippen LogP contribution in [0.25, 0.3) is 11.3 Å². The Morgan fingerprint density at radius 1 is 1.22 bits per heavy atom. The number of benzene rings is 1. The maximum absolute atomic E-state index is 12.7. The van der Waals surface area contributed by atoms with Crippen molar-refractivity contribution in [1.29, 1.82) is 0 Å². The fraction of sp³-hybridized carbons (Fsp3) is 0.263. The van der Waals surface area contributed by atoms with E-state index in [-0.39, 0.29) is 5.91 Å². The molecule has 3 aromatic rings. The van der Waals surface area contributed by atoms with E-state index in [2.05, 4.69) is 36.3 Å². The van der Waals surface area contributed by atoms with Crippen molar-refractivity contribution in [3.63, 3.8) is 0 Å². The fourth-order valence-electron chi connectivity index (χ4n) is 2.67. The van der Waals surface area contributed by atoms with E-state index in [1.807, 2.05) is 43.5 Å². The molecule has 1 N–H and O–H groups in total. The lowest BCUT2D eigenvalue weighted by Gasteiger charge is -2.16. The standard InChI is InChI=1S/C19H20BrN5O2/c1-3-4-16(19(26)23-18-12-21-17(20)11-22-18)25-10-9-15(24-25)13-5-7-14(27-2)8-6-13/h5-12,16H,3-4H2,1-2H3,(H,22,23,26). The molecule has 0 fully saturated rings. The summed E-state index contributed by atoms with van der Waals surface area (Å²) in [5.74, 6) is 1.03. The van der Waals surface area contributed by atoms with Crippen LogP contribution in [0, 0.1) is 0 Å². The molecule has 0 aliphatic rings. The zero-order valence-electron chi connectivity index (χ0n) is 15.1. The van der Waals surface area contributed by atoms with Crippen LogP contribution in [-0.2, 0) is 4.79 Å². The lowest BCUT2D eigenvalue weighted by Crippen LogP contribution is -2.27. The molecule has 7 nitrogen and oxygen atoms in total. The van der Waals surface area contributed by atoms with Gasteiger partial charge in [-0.25, -0.2) is 9.97 Å². The first-order valence-corrected chi connectivity index (χ1v) is 9.38. The van der Waals surface area contributed by atoms with Gasteiger partial charge in [-0.2, -0.15) is 5.10 Å². The number of halogens is 1. The minimum absolute atomic E-state index is 0.169. The van der Waals surface area contributed by atoms with Crippen molar-refractivity contribution in [2.75, 3.05) is 12.4 Å². The summed E-state index contributed by atoms with van der Waals surface area (Å²) in [5, 5.41) is 7.41. The minimum Gasteiger partial charge on any atom is -0.497 e. The SMILES string of the molecule is CCCC(C(=O)Nc1cnc(Br)cn1)n1ccc(-c2ccc(OC)cc2)n1. The van der Waals surface area contributed by atoms with E-state index >= 15 is 0 Å². The van der Waals surface area contributed by atoms with Gasteiger partial charge in [-0.3, -0.25) is 9.48 Å². The van der Waals surface area contributed by atoms with Crippen LogP contribution < -0.4 is 10.1 Å². The van der Waals surface area contributed by atoms with Crippen LogP contribution in [0.2, 0.25) is 0 Å². The predicted molar refractivity (Wildman–Crippen MR) is 107 cm³/mol. The van der Waals surface area contributed by atoms with Crippen LogP contribution >= 0.6 is 15.9 Å². The third kappa shape index (κ3) is 4.71. The maximum atomic E-state index is 12.7. The molecule has 3 rings (SSSR count). The van der Waals surface area contributed by atoms with E-state index in [9.17, 15) is 4.79 Å². The fourth-order valence-corrected chi connectivity index (χ4v) is 2.88. The number of nitrogens with zero attached hydrogens (tertiary/aromatic N) is 4. The number of nitrogens with one attached hydrogen (secondary N) is 1. The first-order chi connectivity index (χ1) is 13.1. The first-order valence-electron chi connectivity index (χ1n) is 8.58.